The van der Waals surface area contributed by atoms with E-state index >= 15 is 0 Å². The van der Waals surface area contributed by atoms with Crippen LogP contribution in [0.4, 0.5) is 5.69 Å². The summed E-state index contributed by atoms with van der Waals surface area (Å²) in [5, 5.41) is 0.809. The van der Waals surface area contributed by atoms with Crippen LogP contribution in [0.25, 0.3) is 0 Å². The number of carbonyl (C=O) groups excluding carboxylic acids is 1. The van der Waals surface area contributed by atoms with Gasteiger partial charge >= 0.3 is 5.97 Å². The Balaban J connectivity index is 2.05. The first kappa shape index (κ1) is 13.5. The molecule has 0 radical (unpaired) electrons. The van der Waals surface area contributed by atoms with E-state index in [0.717, 1.165) is 21.1 Å². The molecule has 2 N–H and O–H groups in total. The minimum Gasteiger partial charge on any atom is -0.455 e. The molecular formula is C14H16N2O2S. The van der Waals surface area contributed by atoms with Crippen LogP contribution in [0.3, 0.4) is 0 Å². The fourth-order valence-electron chi connectivity index (χ4n) is 1.74. The summed E-state index contributed by atoms with van der Waals surface area (Å²) in [4.78, 5) is 17.4. The first-order valence-electron chi connectivity index (χ1n) is 5.93. The van der Waals surface area contributed by atoms with Gasteiger partial charge in [-0.2, -0.15) is 0 Å². The zero-order valence-corrected chi connectivity index (χ0v) is 12.0. The Bertz CT molecular complexity index is 580. The number of aromatic nitrogens is 1. The number of anilines is 1. The first-order valence-corrected chi connectivity index (χ1v) is 6.74. The number of hydrogen-bond acceptors (Lipinski definition) is 5. The number of nitrogens with two attached hydrogens (primary N) is 1. The molecule has 2 aromatic rings. The van der Waals surface area contributed by atoms with Crippen LogP contribution in [-0.2, 0) is 11.3 Å². The minimum atomic E-state index is -0.374. The highest BCUT2D eigenvalue weighted by Crippen LogP contribution is 2.18. The topological polar surface area (TPSA) is 65.2 Å². The molecule has 1 aromatic carbocycles. The lowest BCUT2D eigenvalue weighted by Gasteiger charge is -2.05. The molecule has 0 amide bonds. The summed E-state index contributed by atoms with van der Waals surface area (Å²) in [6.07, 6.45) is 0. The van der Waals surface area contributed by atoms with E-state index in [1.54, 1.807) is 23.5 Å². The SMILES string of the molecule is Cc1cc(N)cc(C(=O)OCc2nc(C)c(C)s2)c1. The monoisotopic (exact) mass is 276 g/mol. The Labute approximate surface area is 116 Å². The van der Waals surface area contributed by atoms with Crippen LogP contribution in [-0.4, -0.2) is 11.0 Å². The Morgan fingerprint density at radius 3 is 2.63 bits per heavy atom. The van der Waals surface area contributed by atoms with Gasteiger partial charge in [-0.15, -0.1) is 11.3 Å². The molecule has 100 valence electrons. The van der Waals surface area contributed by atoms with E-state index < -0.39 is 0 Å². The number of hydrogen-bond donors (Lipinski definition) is 1. The fraction of sp³-hybridized carbons (Fsp3) is 0.286. The van der Waals surface area contributed by atoms with Gasteiger partial charge in [-0.25, -0.2) is 9.78 Å². The van der Waals surface area contributed by atoms with Crippen molar-refractivity contribution in [2.45, 2.75) is 27.4 Å². The van der Waals surface area contributed by atoms with E-state index in [4.69, 9.17) is 10.5 Å². The highest BCUT2D eigenvalue weighted by Gasteiger charge is 2.11. The molecule has 19 heavy (non-hydrogen) atoms. The van der Waals surface area contributed by atoms with Crippen LogP contribution < -0.4 is 5.73 Å². The van der Waals surface area contributed by atoms with Gasteiger partial charge in [0.25, 0.3) is 0 Å². The fourth-order valence-corrected chi connectivity index (χ4v) is 2.59. The predicted molar refractivity (Wildman–Crippen MR) is 76.3 cm³/mol. The van der Waals surface area contributed by atoms with Crippen LogP contribution in [0.5, 0.6) is 0 Å². The van der Waals surface area contributed by atoms with Crippen LogP contribution >= 0.6 is 11.3 Å². The van der Waals surface area contributed by atoms with Gasteiger partial charge in [-0.05, 0) is 44.5 Å². The summed E-state index contributed by atoms with van der Waals surface area (Å²) < 4.78 is 5.25. The third kappa shape index (κ3) is 3.32. The lowest BCUT2D eigenvalue weighted by atomic mass is 10.1. The van der Waals surface area contributed by atoms with Crippen molar-refractivity contribution in [2.24, 2.45) is 0 Å². The van der Waals surface area contributed by atoms with E-state index in [2.05, 4.69) is 4.98 Å². The molecule has 5 heteroatoms. The number of nitrogens with zero attached hydrogens (tertiary/aromatic N) is 1. The molecule has 0 spiro atoms. The molecule has 1 heterocycles. The summed E-state index contributed by atoms with van der Waals surface area (Å²) in [6.45, 7) is 6.03. The van der Waals surface area contributed by atoms with E-state index in [1.807, 2.05) is 26.8 Å². The molecule has 0 bridgehead atoms. The number of carbonyl (C=O) groups is 1. The molecule has 4 nitrogen and oxygen atoms in total. The Morgan fingerprint density at radius 1 is 1.32 bits per heavy atom. The predicted octanol–water partition coefficient (Wildman–Crippen LogP) is 3.01. The van der Waals surface area contributed by atoms with Crippen molar-refractivity contribution in [3.8, 4) is 0 Å². The van der Waals surface area contributed by atoms with Crippen molar-refractivity contribution in [3.05, 3.63) is 44.9 Å². The zero-order chi connectivity index (χ0) is 14.0. The van der Waals surface area contributed by atoms with Gasteiger partial charge < -0.3 is 10.5 Å². The Kier molecular flexibility index (Phi) is 3.85. The molecule has 0 fully saturated rings. The van der Waals surface area contributed by atoms with E-state index in [0.29, 0.717) is 11.3 Å². The molecular weight excluding hydrogens is 260 g/mol. The molecule has 0 unspecified atom stereocenters. The highest BCUT2D eigenvalue weighted by molar-refractivity contribution is 7.11. The number of esters is 1. The molecule has 0 aliphatic rings. The van der Waals surface area contributed by atoms with Crippen molar-refractivity contribution < 1.29 is 9.53 Å². The Hall–Kier alpha value is -1.88. The van der Waals surface area contributed by atoms with Crippen molar-refractivity contribution in [1.29, 1.82) is 0 Å². The summed E-state index contributed by atoms with van der Waals surface area (Å²) >= 11 is 1.54. The van der Waals surface area contributed by atoms with Gasteiger partial charge in [0.15, 0.2) is 0 Å². The van der Waals surface area contributed by atoms with Crippen LogP contribution in [0.2, 0.25) is 0 Å². The largest absolute Gasteiger partial charge is 0.455 e. The maximum Gasteiger partial charge on any atom is 0.338 e. The third-order valence-corrected chi connectivity index (χ3v) is 3.78. The quantitative estimate of drug-likeness (QED) is 0.691. The molecule has 0 atom stereocenters. The van der Waals surface area contributed by atoms with Gasteiger partial charge in [0, 0.05) is 10.6 Å². The molecule has 1 aromatic heterocycles. The van der Waals surface area contributed by atoms with Gasteiger partial charge in [-0.1, -0.05) is 0 Å². The number of ether oxygens (including phenoxy) is 1. The molecule has 0 aliphatic heterocycles. The maximum atomic E-state index is 11.9. The lowest BCUT2D eigenvalue weighted by molar-refractivity contribution is 0.0472. The first-order chi connectivity index (χ1) is 8.95. The smallest absolute Gasteiger partial charge is 0.338 e. The second kappa shape index (κ2) is 5.40. The number of aryl methyl sites for hydroxylation is 3. The van der Waals surface area contributed by atoms with Crippen LogP contribution in [0.1, 0.15) is 31.5 Å². The summed E-state index contributed by atoms with van der Waals surface area (Å²) in [7, 11) is 0. The number of benzene rings is 1. The maximum absolute atomic E-state index is 11.9. The Morgan fingerprint density at radius 2 is 2.05 bits per heavy atom. The average molecular weight is 276 g/mol. The van der Waals surface area contributed by atoms with Gasteiger partial charge in [0.1, 0.15) is 11.6 Å². The van der Waals surface area contributed by atoms with Gasteiger partial charge in [-0.3, -0.25) is 0 Å². The number of rotatable bonds is 3. The third-order valence-electron chi connectivity index (χ3n) is 2.73. The molecule has 0 saturated carbocycles. The van der Waals surface area contributed by atoms with Crippen molar-refractivity contribution in [3.63, 3.8) is 0 Å². The van der Waals surface area contributed by atoms with E-state index in [-0.39, 0.29) is 12.6 Å². The summed E-state index contributed by atoms with van der Waals surface area (Å²) in [5.41, 5.74) is 8.67. The van der Waals surface area contributed by atoms with E-state index in [1.165, 1.54) is 0 Å². The van der Waals surface area contributed by atoms with Gasteiger partial charge in [0.05, 0.1) is 11.3 Å². The zero-order valence-electron chi connectivity index (χ0n) is 11.2. The number of thiazole rings is 1. The second-order valence-electron chi connectivity index (χ2n) is 4.46. The minimum absolute atomic E-state index is 0.200. The normalized spacial score (nSPS) is 10.5. The molecule has 0 saturated heterocycles. The highest BCUT2D eigenvalue weighted by atomic mass is 32.1. The second-order valence-corrected chi connectivity index (χ2v) is 5.75. The van der Waals surface area contributed by atoms with Gasteiger partial charge in [0.2, 0.25) is 0 Å². The average Bonchev–Trinajstić information content (AvgIpc) is 2.64. The van der Waals surface area contributed by atoms with Crippen molar-refractivity contribution >= 4 is 23.0 Å². The van der Waals surface area contributed by atoms with Crippen LogP contribution in [0.15, 0.2) is 18.2 Å². The molecule has 2 rings (SSSR count). The van der Waals surface area contributed by atoms with Crippen molar-refractivity contribution in [1.82, 2.24) is 4.98 Å². The van der Waals surface area contributed by atoms with Crippen molar-refractivity contribution in [2.75, 3.05) is 5.73 Å². The standard InChI is InChI=1S/C14H16N2O2S/c1-8-4-11(6-12(15)5-8)14(17)18-7-13-16-9(2)10(3)19-13/h4-6H,7,15H2,1-3H3. The van der Waals surface area contributed by atoms with E-state index in [9.17, 15) is 4.79 Å². The van der Waals surface area contributed by atoms with Crippen LogP contribution in [0, 0.1) is 20.8 Å². The molecule has 0 aliphatic carbocycles. The summed E-state index contributed by atoms with van der Waals surface area (Å²) in [5.74, 6) is -0.374. The lowest BCUT2D eigenvalue weighted by Crippen LogP contribution is -2.06. The number of nitrogen functional groups attached to an aromatic ring is 1. The summed E-state index contributed by atoms with van der Waals surface area (Å²) in [6, 6.07) is 5.19.